The van der Waals surface area contributed by atoms with Crippen LogP contribution in [0.15, 0.2) is 24.3 Å². The predicted molar refractivity (Wildman–Crippen MR) is 98.8 cm³/mol. The number of phenols is 1. The number of aromatic hydroxyl groups is 1. The molecule has 1 N–H and O–H groups in total. The molecule has 0 unspecified atom stereocenters. The summed E-state index contributed by atoms with van der Waals surface area (Å²) in [7, 11) is -2.85. The van der Waals surface area contributed by atoms with Gasteiger partial charge < -0.3 is 14.0 Å². The van der Waals surface area contributed by atoms with Gasteiger partial charge in [-0.15, -0.1) is 0 Å². The van der Waals surface area contributed by atoms with Gasteiger partial charge in [0.1, 0.15) is 11.5 Å². The molecular formula is C17H32O3Si2. The highest BCUT2D eigenvalue weighted by Crippen LogP contribution is 2.21. The van der Waals surface area contributed by atoms with Crippen molar-refractivity contribution in [1.29, 1.82) is 0 Å². The fourth-order valence-electron chi connectivity index (χ4n) is 2.62. The number of hydrogen-bond donors (Lipinski definition) is 1. The van der Waals surface area contributed by atoms with E-state index in [1.165, 1.54) is 25.3 Å². The summed E-state index contributed by atoms with van der Waals surface area (Å²) in [6, 6.07) is 8.17. The zero-order valence-electron chi connectivity index (χ0n) is 14.8. The third-order valence-electron chi connectivity index (χ3n) is 3.36. The Morgan fingerprint density at radius 1 is 0.864 bits per heavy atom. The molecular weight excluding hydrogens is 308 g/mol. The summed E-state index contributed by atoms with van der Waals surface area (Å²) >= 11 is 0. The molecule has 0 fully saturated rings. The summed E-state index contributed by atoms with van der Waals surface area (Å²) in [6.07, 6.45) is 4.81. The van der Waals surface area contributed by atoms with Crippen molar-refractivity contribution in [2.75, 3.05) is 6.61 Å². The molecule has 5 heteroatoms. The number of hydrogen-bond acceptors (Lipinski definition) is 3. The molecule has 0 atom stereocenters. The first-order valence-corrected chi connectivity index (χ1v) is 14.8. The van der Waals surface area contributed by atoms with Gasteiger partial charge in [0, 0.05) is 0 Å². The van der Waals surface area contributed by atoms with Crippen molar-refractivity contribution >= 4 is 16.6 Å². The van der Waals surface area contributed by atoms with Crippen LogP contribution < -0.4 is 4.74 Å². The minimum absolute atomic E-state index is 0.277. The van der Waals surface area contributed by atoms with Gasteiger partial charge in [-0.1, -0.05) is 19.3 Å². The molecule has 126 valence electrons. The molecule has 0 aliphatic heterocycles. The SMILES string of the molecule is C[Si](C)(C)O[Si](C)(C)CCCCCCOc1ccc(O)cc1. The lowest BCUT2D eigenvalue weighted by atomic mass is 10.2. The Bertz CT molecular complexity index is 425. The zero-order valence-corrected chi connectivity index (χ0v) is 16.8. The highest BCUT2D eigenvalue weighted by atomic mass is 28.4. The maximum Gasteiger partial charge on any atom is 0.173 e. The second-order valence-electron chi connectivity index (χ2n) is 7.48. The van der Waals surface area contributed by atoms with E-state index in [4.69, 9.17) is 8.85 Å². The van der Waals surface area contributed by atoms with Crippen LogP contribution in [0.4, 0.5) is 0 Å². The van der Waals surface area contributed by atoms with E-state index < -0.39 is 16.6 Å². The Morgan fingerprint density at radius 2 is 1.45 bits per heavy atom. The summed E-state index contributed by atoms with van der Waals surface area (Å²) in [5, 5.41) is 9.20. The van der Waals surface area contributed by atoms with Crippen molar-refractivity contribution in [1.82, 2.24) is 0 Å². The largest absolute Gasteiger partial charge is 0.508 e. The molecule has 0 aliphatic rings. The van der Waals surface area contributed by atoms with Gasteiger partial charge in [-0.3, -0.25) is 0 Å². The van der Waals surface area contributed by atoms with Crippen LogP contribution in [0.2, 0.25) is 38.8 Å². The van der Waals surface area contributed by atoms with E-state index in [-0.39, 0.29) is 5.75 Å². The van der Waals surface area contributed by atoms with Crippen molar-refractivity contribution in [3.8, 4) is 11.5 Å². The molecule has 3 nitrogen and oxygen atoms in total. The molecule has 1 aromatic rings. The first-order chi connectivity index (χ1) is 10.2. The maximum atomic E-state index is 9.20. The smallest absolute Gasteiger partial charge is 0.173 e. The molecule has 0 heterocycles. The number of rotatable bonds is 10. The van der Waals surface area contributed by atoms with E-state index in [0.717, 1.165) is 18.8 Å². The second-order valence-corrected chi connectivity index (χ2v) is 16.5. The fraction of sp³-hybridized carbons (Fsp3) is 0.647. The Balaban J connectivity index is 2.07. The van der Waals surface area contributed by atoms with E-state index in [9.17, 15) is 5.11 Å². The van der Waals surface area contributed by atoms with E-state index in [0.29, 0.717) is 0 Å². The Labute approximate surface area is 137 Å². The van der Waals surface area contributed by atoms with E-state index in [1.807, 2.05) is 0 Å². The minimum Gasteiger partial charge on any atom is -0.508 e. The van der Waals surface area contributed by atoms with Gasteiger partial charge >= 0.3 is 0 Å². The zero-order chi connectivity index (χ0) is 16.6. The highest BCUT2D eigenvalue weighted by Gasteiger charge is 2.28. The minimum atomic E-state index is -1.46. The van der Waals surface area contributed by atoms with Crippen molar-refractivity contribution in [2.24, 2.45) is 0 Å². The van der Waals surface area contributed by atoms with Crippen LogP contribution in [0.5, 0.6) is 11.5 Å². The Kier molecular flexibility index (Phi) is 7.66. The molecule has 0 saturated heterocycles. The molecule has 1 rings (SSSR count). The summed E-state index contributed by atoms with van der Waals surface area (Å²) < 4.78 is 12.0. The summed E-state index contributed by atoms with van der Waals surface area (Å²) in [6.45, 7) is 12.3. The lowest BCUT2D eigenvalue weighted by molar-refractivity contribution is 0.304. The highest BCUT2D eigenvalue weighted by molar-refractivity contribution is 6.84. The first-order valence-electron chi connectivity index (χ1n) is 8.30. The van der Waals surface area contributed by atoms with E-state index >= 15 is 0 Å². The normalized spacial score (nSPS) is 12.4. The third kappa shape index (κ3) is 9.28. The Morgan fingerprint density at radius 3 is 2.05 bits per heavy atom. The van der Waals surface area contributed by atoms with Gasteiger partial charge in [0.25, 0.3) is 0 Å². The van der Waals surface area contributed by atoms with Crippen LogP contribution in [-0.4, -0.2) is 28.3 Å². The molecule has 0 aromatic heterocycles. The second kappa shape index (κ2) is 8.74. The summed E-state index contributed by atoms with van der Waals surface area (Å²) in [5.74, 6) is 1.11. The molecule has 0 spiro atoms. The standard InChI is InChI=1S/C17H32O3Si2/c1-21(2,3)20-22(4,5)15-9-7-6-8-14-19-17-12-10-16(18)11-13-17/h10-13,18H,6-9,14-15H2,1-5H3. The molecule has 0 aliphatic carbocycles. The molecule has 0 amide bonds. The van der Waals surface area contributed by atoms with Crippen molar-refractivity contribution in [3.05, 3.63) is 24.3 Å². The number of phenolic OH excluding ortho intramolecular Hbond substituents is 1. The maximum absolute atomic E-state index is 9.20. The van der Waals surface area contributed by atoms with Gasteiger partial charge in [0.15, 0.2) is 16.6 Å². The van der Waals surface area contributed by atoms with Gasteiger partial charge in [-0.25, -0.2) is 0 Å². The van der Waals surface area contributed by atoms with Crippen LogP contribution in [0, 0.1) is 0 Å². The van der Waals surface area contributed by atoms with Crippen LogP contribution >= 0.6 is 0 Å². The average molecular weight is 341 g/mol. The van der Waals surface area contributed by atoms with Gasteiger partial charge in [-0.2, -0.15) is 0 Å². The average Bonchev–Trinajstić information content (AvgIpc) is 2.37. The molecule has 0 radical (unpaired) electrons. The molecule has 0 saturated carbocycles. The van der Waals surface area contributed by atoms with Gasteiger partial charge in [-0.05, 0) is 69.5 Å². The summed E-state index contributed by atoms with van der Waals surface area (Å²) in [4.78, 5) is 0. The van der Waals surface area contributed by atoms with Gasteiger partial charge in [0.2, 0.25) is 0 Å². The van der Waals surface area contributed by atoms with E-state index in [2.05, 4.69) is 32.7 Å². The fourth-order valence-corrected chi connectivity index (χ4v) is 10.8. The van der Waals surface area contributed by atoms with Crippen molar-refractivity contribution < 1.29 is 14.0 Å². The monoisotopic (exact) mass is 340 g/mol. The van der Waals surface area contributed by atoms with Crippen LogP contribution in [-0.2, 0) is 4.12 Å². The molecule has 1 aromatic carbocycles. The van der Waals surface area contributed by atoms with Crippen LogP contribution in [0.25, 0.3) is 0 Å². The lowest BCUT2D eigenvalue weighted by Crippen LogP contribution is -2.42. The van der Waals surface area contributed by atoms with Crippen LogP contribution in [0.1, 0.15) is 25.7 Å². The first kappa shape index (κ1) is 19.3. The van der Waals surface area contributed by atoms with Crippen LogP contribution in [0.3, 0.4) is 0 Å². The number of benzene rings is 1. The molecule has 22 heavy (non-hydrogen) atoms. The van der Waals surface area contributed by atoms with Crippen molar-refractivity contribution in [3.63, 3.8) is 0 Å². The number of ether oxygens (including phenoxy) is 1. The number of unbranched alkanes of at least 4 members (excludes halogenated alkanes) is 3. The van der Waals surface area contributed by atoms with Gasteiger partial charge in [0.05, 0.1) is 6.61 Å². The molecule has 0 bridgehead atoms. The third-order valence-corrected chi connectivity index (χ3v) is 9.58. The quantitative estimate of drug-likeness (QED) is 0.458. The topological polar surface area (TPSA) is 38.7 Å². The van der Waals surface area contributed by atoms with E-state index in [1.54, 1.807) is 24.3 Å². The Hall–Kier alpha value is -0.786. The predicted octanol–water partition coefficient (Wildman–Crippen LogP) is 5.39. The lowest BCUT2D eigenvalue weighted by Gasteiger charge is -2.31. The van der Waals surface area contributed by atoms with Crippen molar-refractivity contribution in [2.45, 2.75) is 64.5 Å². The summed E-state index contributed by atoms with van der Waals surface area (Å²) in [5.41, 5.74) is 0.